The van der Waals surface area contributed by atoms with E-state index in [0.717, 1.165) is 29.3 Å². The van der Waals surface area contributed by atoms with Crippen molar-refractivity contribution in [2.24, 2.45) is 0 Å². The number of fused-ring (bicyclic) bond motifs is 1. The van der Waals surface area contributed by atoms with Gasteiger partial charge in [-0.25, -0.2) is 0 Å². The van der Waals surface area contributed by atoms with Gasteiger partial charge in [0.15, 0.2) is 0 Å². The van der Waals surface area contributed by atoms with Crippen LogP contribution in [-0.2, 0) is 12.8 Å². The first kappa shape index (κ1) is 11.7. The number of H-pyrrole nitrogens is 1. The Bertz CT molecular complexity index is 744. The molecule has 0 radical (unpaired) electrons. The number of hydrogen-bond acceptors (Lipinski definition) is 1. The molecule has 0 atom stereocenters. The van der Waals surface area contributed by atoms with Gasteiger partial charge in [0.1, 0.15) is 0 Å². The Balaban J connectivity index is 1.94. The van der Waals surface area contributed by atoms with Crippen LogP contribution < -0.4 is 5.56 Å². The quantitative estimate of drug-likeness (QED) is 0.759. The van der Waals surface area contributed by atoms with Crippen LogP contribution in [0.4, 0.5) is 0 Å². The van der Waals surface area contributed by atoms with Gasteiger partial charge in [0.2, 0.25) is 5.56 Å². The summed E-state index contributed by atoms with van der Waals surface area (Å²) in [6.45, 7) is 0. The standard InChI is InChI=1S/C17H15NO/c19-17-12-14(11-10-13-6-2-1-3-7-13)15-8-4-5-9-16(15)18-17/h1-9,12H,10-11H2,(H,18,19). The first-order valence-corrected chi connectivity index (χ1v) is 6.48. The maximum absolute atomic E-state index is 11.7. The molecule has 0 bridgehead atoms. The molecular weight excluding hydrogens is 234 g/mol. The van der Waals surface area contributed by atoms with E-state index in [1.165, 1.54) is 5.56 Å². The van der Waals surface area contributed by atoms with Crippen molar-refractivity contribution in [3.8, 4) is 0 Å². The monoisotopic (exact) mass is 249 g/mol. The summed E-state index contributed by atoms with van der Waals surface area (Å²) in [7, 11) is 0. The van der Waals surface area contributed by atoms with Crippen molar-refractivity contribution in [3.05, 3.63) is 82.1 Å². The molecule has 0 aliphatic rings. The fourth-order valence-electron chi connectivity index (χ4n) is 2.41. The summed E-state index contributed by atoms with van der Waals surface area (Å²) >= 11 is 0. The molecule has 0 saturated heterocycles. The summed E-state index contributed by atoms with van der Waals surface area (Å²) in [5, 5.41) is 1.14. The second-order valence-electron chi connectivity index (χ2n) is 4.69. The molecule has 0 aliphatic heterocycles. The van der Waals surface area contributed by atoms with Crippen LogP contribution in [0.25, 0.3) is 10.9 Å². The highest BCUT2D eigenvalue weighted by Gasteiger charge is 2.03. The zero-order valence-electron chi connectivity index (χ0n) is 10.6. The first-order chi connectivity index (χ1) is 9.33. The average Bonchev–Trinajstić information content (AvgIpc) is 2.45. The van der Waals surface area contributed by atoms with E-state index < -0.39 is 0 Å². The zero-order chi connectivity index (χ0) is 13.1. The molecule has 2 aromatic carbocycles. The van der Waals surface area contributed by atoms with Gasteiger partial charge in [0.25, 0.3) is 0 Å². The number of hydrogen-bond donors (Lipinski definition) is 1. The second-order valence-corrected chi connectivity index (χ2v) is 4.69. The molecule has 0 spiro atoms. The third-order valence-corrected chi connectivity index (χ3v) is 3.36. The molecule has 1 N–H and O–H groups in total. The molecule has 3 rings (SSSR count). The third kappa shape index (κ3) is 2.58. The number of benzene rings is 2. The second kappa shape index (κ2) is 5.11. The summed E-state index contributed by atoms with van der Waals surface area (Å²) in [5.74, 6) is 0. The van der Waals surface area contributed by atoms with E-state index in [1.54, 1.807) is 6.07 Å². The molecule has 0 fully saturated rings. The summed E-state index contributed by atoms with van der Waals surface area (Å²) < 4.78 is 0. The van der Waals surface area contributed by atoms with E-state index in [1.807, 2.05) is 36.4 Å². The van der Waals surface area contributed by atoms with Crippen LogP contribution in [0.1, 0.15) is 11.1 Å². The van der Waals surface area contributed by atoms with Gasteiger partial charge in [-0.1, -0.05) is 48.5 Å². The molecule has 2 nitrogen and oxygen atoms in total. The lowest BCUT2D eigenvalue weighted by atomic mass is 10.0. The molecular formula is C17H15NO. The fraction of sp³-hybridized carbons (Fsp3) is 0.118. The Hall–Kier alpha value is -2.35. The van der Waals surface area contributed by atoms with Crippen LogP contribution in [0.2, 0.25) is 0 Å². The molecule has 0 unspecified atom stereocenters. The maximum Gasteiger partial charge on any atom is 0.248 e. The van der Waals surface area contributed by atoms with Crippen LogP contribution in [0.15, 0.2) is 65.5 Å². The van der Waals surface area contributed by atoms with Gasteiger partial charge >= 0.3 is 0 Å². The SMILES string of the molecule is O=c1cc(CCc2ccccc2)c2ccccc2[nH]1. The molecule has 19 heavy (non-hydrogen) atoms. The Labute approximate surface area is 111 Å². The molecule has 1 heterocycles. The van der Waals surface area contributed by atoms with Gasteiger partial charge < -0.3 is 4.98 Å². The van der Waals surface area contributed by atoms with Gasteiger partial charge in [0.05, 0.1) is 0 Å². The van der Waals surface area contributed by atoms with Gasteiger partial charge in [-0.05, 0) is 30.0 Å². The molecule has 0 amide bonds. The Morgan fingerprint density at radius 1 is 0.842 bits per heavy atom. The van der Waals surface area contributed by atoms with E-state index >= 15 is 0 Å². The number of nitrogens with one attached hydrogen (secondary N) is 1. The van der Waals surface area contributed by atoms with E-state index in [2.05, 4.69) is 23.2 Å². The van der Waals surface area contributed by atoms with Crippen LogP contribution >= 0.6 is 0 Å². The van der Waals surface area contributed by atoms with E-state index in [4.69, 9.17) is 0 Å². The van der Waals surface area contributed by atoms with E-state index in [0.29, 0.717) is 0 Å². The van der Waals surface area contributed by atoms with Crippen molar-refractivity contribution in [2.45, 2.75) is 12.8 Å². The molecule has 3 aromatic rings. The summed E-state index contributed by atoms with van der Waals surface area (Å²) in [6.07, 6.45) is 1.84. The first-order valence-electron chi connectivity index (χ1n) is 6.48. The molecule has 2 heteroatoms. The van der Waals surface area contributed by atoms with Crippen molar-refractivity contribution < 1.29 is 0 Å². The van der Waals surface area contributed by atoms with Crippen molar-refractivity contribution in [1.29, 1.82) is 0 Å². The molecule has 0 saturated carbocycles. The Morgan fingerprint density at radius 2 is 1.58 bits per heavy atom. The third-order valence-electron chi connectivity index (χ3n) is 3.36. The number of aromatic nitrogens is 1. The Kier molecular flexibility index (Phi) is 3.15. The average molecular weight is 249 g/mol. The van der Waals surface area contributed by atoms with Crippen molar-refractivity contribution in [3.63, 3.8) is 0 Å². The normalized spacial score (nSPS) is 10.7. The van der Waals surface area contributed by atoms with Gasteiger partial charge in [0, 0.05) is 17.0 Å². The fourth-order valence-corrected chi connectivity index (χ4v) is 2.41. The van der Waals surface area contributed by atoms with Crippen LogP contribution in [0, 0.1) is 0 Å². The molecule has 0 aliphatic carbocycles. The minimum absolute atomic E-state index is 0.0261. The Morgan fingerprint density at radius 3 is 2.42 bits per heavy atom. The lowest BCUT2D eigenvalue weighted by Gasteiger charge is -2.06. The predicted octanol–water partition coefficient (Wildman–Crippen LogP) is 3.31. The van der Waals surface area contributed by atoms with Crippen LogP contribution in [-0.4, -0.2) is 4.98 Å². The smallest absolute Gasteiger partial charge is 0.248 e. The summed E-state index contributed by atoms with van der Waals surface area (Å²) in [4.78, 5) is 14.5. The van der Waals surface area contributed by atoms with E-state index in [9.17, 15) is 4.79 Å². The number of para-hydroxylation sites is 1. The molecule has 1 aromatic heterocycles. The lowest BCUT2D eigenvalue weighted by molar-refractivity contribution is 0.963. The minimum atomic E-state index is -0.0261. The lowest BCUT2D eigenvalue weighted by Crippen LogP contribution is -2.07. The number of pyridine rings is 1. The van der Waals surface area contributed by atoms with Crippen molar-refractivity contribution >= 4 is 10.9 Å². The van der Waals surface area contributed by atoms with Gasteiger partial charge in [-0.15, -0.1) is 0 Å². The number of aryl methyl sites for hydroxylation is 2. The number of aromatic amines is 1. The minimum Gasteiger partial charge on any atom is -0.322 e. The van der Waals surface area contributed by atoms with E-state index in [-0.39, 0.29) is 5.56 Å². The topological polar surface area (TPSA) is 32.9 Å². The van der Waals surface area contributed by atoms with Gasteiger partial charge in [-0.2, -0.15) is 0 Å². The summed E-state index contributed by atoms with van der Waals surface area (Å²) in [5.41, 5.74) is 3.30. The highest BCUT2D eigenvalue weighted by molar-refractivity contribution is 5.81. The highest BCUT2D eigenvalue weighted by atomic mass is 16.1. The van der Waals surface area contributed by atoms with Crippen molar-refractivity contribution in [2.75, 3.05) is 0 Å². The van der Waals surface area contributed by atoms with Crippen LogP contribution in [0.5, 0.6) is 0 Å². The van der Waals surface area contributed by atoms with Gasteiger partial charge in [-0.3, -0.25) is 4.79 Å². The summed E-state index contributed by atoms with van der Waals surface area (Å²) in [6, 6.07) is 20.0. The molecule has 94 valence electrons. The van der Waals surface area contributed by atoms with Crippen LogP contribution in [0.3, 0.4) is 0 Å². The highest BCUT2D eigenvalue weighted by Crippen LogP contribution is 2.16. The van der Waals surface area contributed by atoms with Crippen molar-refractivity contribution in [1.82, 2.24) is 4.98 Å². The zero-order valence-corrected chi connectivity index (χ0v) is 10.6. The number of rotatable bonds is 3. The largest absolute Gasteiger partial charge is 0.322 e. The maximum atomic E-state index is 11.7. The predicted molar refractivity (Wildman–Crippen MR) is 78.4 cm³/mol.